The van der Waals surface area contributed by atoms with Gasteiger partial charge in [0.15, 0.2) is 5.78 Å². The minimum atomic E-state index is -0.488. The average molecular weight is 257 g/mol. The maximum Gasteiger partial charge on any atom is 0.165 e. The third kappa shape index (κ3) is 3.05. The van der Waals surface area contributed by atoms with Crippen LogP contribution in [-0.2, 0) is 16.0 Å². The first kappa shape index (κ1) is 12.5. The summed E-state index contributed by atoms with van der Waals surface area (Å²) in [6.45, 7) is 1.95. The van der Waals surface area contributed by atoms with Gasteiger partial charge < -0.3 is 4.74 Å². The molecule has 1 aromatic carbocycles. The van der Waals surface area contributed by atoms with Gasteiger partial charge in [0, 0.05) is 6.42 Å². The van der Waals surface area contributed by atoms with Gasteiger partial charge in [-0.15, -0.1) is 0 Å². The lowest BCUT2D eigenvalue weighted by atomic mass is 10.0. The Balaban J connectivity index is 2.00. The zero-order valence-electron chi connectivity index (χ0n) is 9.58. The van der Waals surface area contributed by atoms with E-state index >= 15 is 0 Å². The Kier molecular flexibility index (Phi) is 3.79. The number of Topliss-reactive ketones (excluding diaryl/α,β-unsaturated/α-hetero) is 1. The van der Waals surface area contributed by atoms with Crippen molar-refractivity contribution in [1.82, 2.24) is 0 Å². The lowest BCUT2D eigenvalue weighted by Crippen LogP contribution is -2.22. The van der Waals surface area contributed by atoms with Crippen molar-refractivity contribution in [1.29, 1.82) is 0 Å². The summed E-state index contributed by atoms with van der Waals surface area (Å²) in [5.74, 6) is -0.478. The highest BCUT2D eigenvalue weighted by molar-refractivity contribution is 6.30. The van der Waals surface area contributed by atoms with Crippen LogP contribution in [-0.4, -0.2) is 18.0 Å². The molecule has 0 aliphatic carbocycles. The molecule has 2 atom stereocenters. The first-order valence-corrected chi connectivity index (χ1v) is 6.06. The monoisotopic (exact) mass is 256 g/mol. The topological polar surface area (TPSA) is 26.3 Å². The molecular formula is C13H14ClFO2. The molecule has 1 aliphatic heterocycles. The van der Waals surface area contributed by atoms with Gasteiger partial charge in [0.1, 0.15) is 11.9 Å². The highest BCUT2D eigenvalue weighted by atomic mass is 35.5. The van der Waals surface area contributed by atoms with Gasteiger partial charge in [-0.05, 0) is 37.5 Å². The summed E-state index contributed by atoms with van der Waals surface area (Å²) in [5, 5.41) is 0.0759. The largest absolute Gasteiger partial charge is 0.367 e. The summed E-state index contributed by atoms with van der Waals surface area (Å²) in [4.78, 5) is 11.9. The molecule has 0 amide bonds. The van der Waals surface area contributed by atoms with Crippen molar-refractivity contribution in [3.63, 3.8) is 0 Å². The first-order chi connectivity index (χ1) is 8.06. The molecule has 0 aromatic heterocycles. The van der Waals surface area contributed by atoms with Crippen molar-refractivity contribution >= 4 is 17.4 Å². The maximum absolute atomic E-state index is 13.2. The lowest BCUT2D eigenvalue weighted by molar-refractivity contribution is -0.128. The number of rotatable bonds is 3. The molecular weight excluding hydrogens is 243 g/mol. The van der Waals surface area contributed by atoms with Crippen LogP contribution >= 0.6 is 11.6 Å². The summed E-state index contributed by atoms with van der Waals surface area (Å²) < 4.78 is 18.7. The van der Waals surface area contributed by atoms with Gasteiger partial charge in [-0.1, -0.05) is 17.7 Å². The van der Waals surface area contributed by atoms with E-state index in [9.17, 15) is 9.18 Å². The molecule has 1 fully saturated rings. The molecule has 1 aromatic rings. The van der Waals surface area contributed by atoms with E-state index in [0.717, 1.165) is 12.8 Å². The molecule has 0 N–H and O–H groups in total. The number of carbonyl (C=O) groups is 1. The fraction of sp³-hybridized carbons (Fsp3) is 0.462. The Morgan fingerprint density at radius 2 is 2.29 bits per heavy atom. The van der Waals surface area contributed by atoms with Crippen LogP contribution < -0.4 is 0 Å². The van der Waals surface area contributed by atoms with Gasteiger partial charge in [0.25, 0.3) is 0 Å². The van der Waals surface area contributed by atoms with Crippen LogP contribution in [0.2, 0.25) is 5.02 Å². The number of hydrogen-bond donors (Lipinski definition) is 0. The van der Waals surface area contributed by atoms with E-state index in [4.69, 9.17) is 16.3 Å². The SMILES string of the molecule is CC1CCC(C(=O)Cc2ccc(Cl)c(F)c2)O1. The Hall–Kier alpha value is -0.930. The van der Waals surface area contributed by atoms with Gasteiger partial charge in [-0.25, -0.2) is 4.39 Å². The highest BCUT2D eigenvalue weighted by Gasteiger charge is 2.27. The summed E-state index contributed by atoms with van der Waals surface area (Å²) >= 11 is 5.58. The smallest absolute Gasteiger partial charge is 0.165 e. The lowest BCUT2D eigenvalue weighted by Gasteiger charge is -2.10. The van der Waals surface area contributed by atoms with E-state index in [1.54, 1.807) is 6.07 Å². The molecule has 0 radical (unpaired) electrons. The summed E-state index contributed by atoms with van der Waals surface area (Å²) in [7, 11) is 0. The third-order valence-corrected chi connectivity index (χ3v) is 3.26. The molecule has 1 saturated heterocycles. The average Bonchev–Trinajstić information content (AvgIpc) is 2.70. The highest BCUT2D eigenvalue weighted by Crippen LogP contribution is 2.22. The molecule has 2 nitrogen and oxygen atoms in total. The van der Waals surface area contributed by atoms with Gasteiger partial charge in [0.05, 0.1) is 11.1 Å². The van der Waals surface area contributed by atoms with Crippen LogP contribution in [0.3, 0.4) is 0 Å². The van der Waals surface area contributed by atoms with E-state index in [0.29, 0.717) is 5.56 Å². The molecule has 17 heavy (non-hydrogen) atoms. The van der Waals surface area contributed by atoms with E-state index in [2.05, 4.69) is 0 Å². The molecule has 0 bridgehead atoms. The zero-order valence-corrected chi connectivity index (χ0v) is 10.3. The fourth-order valence-corrected chi connectivity index (χ4v) is 2.12. The predicted molar refractivity (Wildman–Crippen MR) is 63.7 cm³/mol. The summed E-state index contributed by atoms with van der Waals surface area (Å²) in [6, 6.07) is 4.44. The second-order valence-corrected chi connectivity index (χ2v) is 4.81. The fourth-order valence-electron chi connectivity index (χ4n) is 2.00. The summed E-state index contributed by atoms with van der Waals surface area (Å²) in [5.41, 5.74) is 0.639. The number of carbonyl (C=O) groups excluding carboxylic acids is 1. The number of ketones is 1. The van der Waals surface area contributed by atoms with E-state index in [1.807, 2.05) is 6.92 Å². The zero-order chi connectivity index (χ0) is 12.4. The molecule has 2 rings (SSSR count). The number of hydrogen-bond acceptors (Lipinski definition) is 2. The van der Waals surface area contributed by atoms with Gasteiger partial charge >= 0.3 is 0 Å². The third-order valence-electron chi connectivity index (χ3n) is 2.95. The summed E-state index contributed by atoms with van der Waals surface area (Å²) in [6.07, 6.45) is 1.68. The number of benzene rings is 1. The van der Waals surface area contributed by atoms with Gasteiger partial charge in [-0.3, -0.25) is 4.79 Å². The second-order valence-electron chi connectivity index (χ2n) is 4.40. The van der Waals surface area contributed by atoms with Crippen molar-refractivity contribution < 1.29 is 13.9 Å². The molecule has 1 heterocycles. The molecule has 4 heteroatoms. The molecule has 0 saturated carbocycles. The second kappa shape index (κ2) is 5.15. The van der Waals surface area contributed by atoms with Crippen molar-refractivity contribution in [3.05, 3.63) is 34.6 Å². The molecule has 2 unspecified atom stereocenters. The van der Waals surface area contributed by atoms with Crippen LogP contribution in [0.25, 0.3) is 0 Å². The van der Waals surface area contributed by atoms with E-state index < -0.39 is 5.82 Å². The molecule has 1 aliphatic rings. The predicted octanol–water partition coefficient (Wildman–Crippen LogP) is 3.16. The van der Waals surface area contributed by atoms with Crippen molar-refractivity contribution in [2.75, 3.05) is 0 Å². The Bertz CT molecular complexity index is 433. The van der Waals surface area contributed by atoms with Crippen molar-refractivity contribution in [2.45, 2.75) is 38.4 Å². The van der Waals surface area contributed by atoms with Crippen LogP contribution in [0.1, 0.15) is 25.3 Å². The first-order valence-electron chi connectivity index (χ1n) is 5.68. The van der Waals surface area contributed by atoms with Crippen LogP contribution in [0, 0.1) is 5.82 Å². The van der Waals surface area contributed by atoms with Crippen LogP contribution in [0.4, 0.5) is 4.39 Å². The van der Waals surface area contributed by atoms with Crippen molar-refractivity contribution in [2.24, 2.45) is 0 Å². The van der Waals surface area contributed by atoms with Gasteiger partial charge in [0.2, 0.25) is 0 Å². The van der Waals surface area contributed by atoms with Gasteiger partial charge in [-0.2, -0.15) is 0 Å². The maximum atomic E-state index is 13.2. The van der Waals surface area contributed by atoms with E-state index in [-0.39, 0.29) is 29.4 Å². The normalized spacial score (nSPS) is 23.9. The minimum absolute atomic E-state index is 0.0103. The van der Waals surface area contributed by atoms with Crippen molar-refractivity contribution in [3.8, 4) is 0 Å². The van der Waals surface area contributed by atoms with E-state index in [1.165, 1.54) is 12.1 Å². The Labute approximate surface area is 105 Å². The Morgan fingerprint density at radius 3 is 2.88 bits per heavy atom. The molecule has 92 valence electrons. The quantitative estimate of drug-likeness (QED) is 0.830. The number of halogens is 2. The van der Waals surface area contributed by atoms with Crippen LogP contribution in [0.15, 0.2) is 18.2 Å². The molecule has 0 spiro atoms. The minimum Gasteiger partial charge on any atom is -0.367 e. The number of ether oxygens (including phenoxy) is 1. The standard InChI is InChI=1S/C13H14ClFO2/c1-8-2-5-13(17-8)12(16)7-9-3-4-10(14)11(15)6-9/h3-4,6,8,13H,2,5,7H2,1H3. The van der Waals surface area contributed by atoms with Crippen LogP contribution in [0.5, 0.6) is 0 Å². The Morgan fingerprint density at radius 1 is 1.53 bits per heavy atom.